The molecule has 98 valence electrons. The van der Waals surface area contributed by atoms with Crippen LogP contribution >= 0.6 is 0 Å². The van der Waals surface area contributed by atoms with Gasteiger partial charge < -0.3 is 10.2 Å². The van der Waals surface area contributed by atoms with Crippen molar-refractivity contribution < 1.29 is 9.72 Å². The van der Waals surface area contributed by atoms with Crippen molar-refractivity contribution in [2.75, 3.05) is 25.0 Å². The van der Waals surface area contributed by atoms with E-state index >= 15 is 0 Å². The summed E-state index contributed by atoms with van der Waals surface area (Å²) in [6.07, 6.45) is 0.826. The Hall–Kier alpha value is -2.11. The molecule has 1 aromatic rings. The third kappa shape index (κ3) is 4.40. The predicted octanol–water partition coefficient (Wildman–Crippen LogP) is 1.56. The number of carbonyl (C=O) groups is 1. The topological polar surface area (TPSA) is 75.5 Å². The van der Waals surface area contributed by atoms with Crippen LogP contribution in [0, 0.1) is 10.1 Å². The number of carbonyl (C=O) groups excluding carboxylic acids is 1. The SMILES string of the molecule is CC(=O)NCCCN(C)c1ccc([N+](=O)[O-])cc1. The zero-order valence-corrected chi connectivity index (χ0v) is 10.5. The molecule has 6 heteroatoms. The number of benzene rings is 1. The first kappa shape index (κ1) is 14.0. The highest BCUT2D eigenvalue weighted by atomic mass is 16.6. The Morgan fingerprint density at radius 3 is 2.50 bits per heavy atom. The molecular formula is C12H17N3O3. The van der Waals surface area contributed by atoms with E-state index in [4.69, 9.17) is 0 Å². The first-order valence-electron chi connectivity index (χ1n) is 5.70. The fraction of sp³-hybridized carbons (Fsp3) is 0.417. The predicted molar refractivity (Wildman–Crippen MR) is 69.7 cm³/mol. The first-order chi connectivity index (χ1) is 8.50. The Kier molecular flexibility index (Phi) is 5.10. The highest BCUT2D eigenvalue weighted by Gasteiger charge is 2.06. The number of rotatable bonds is 6. The Morgan fingerprint density at radius 2 is 2.00 bits per heavy atom. The molecule has 1 amide bonds. The van der Waals surface area contributed by atoms with E-state index in [0.29, 0.717) is 6.54 Å². The summed E-state index contributed by atoms with van der Waals surface area (Å²) in [6.45, 7) is 2.89. The molecule has 0 atom stereocenters. The average molecular weight is 251 g/mol. The van der Waals surface area contributed by atoms with Gasteiger partial charge in [0.2, 0.25) is 5.91 Å². The van der Waals surface area contributed by atoms with Gasteiger partial charge in [-0.3, -0.25) is 14.9 Å². The molecule has 0 aliphatic carbocycles. The maximum absolute atomic E-state index is 10.7. The summed E-state index contributed by atoms with van der Waals surface area (Å²) in [4.78, 5) is 22.8. The lowest BCUT2D eigenvalue weighted by Gasteiger charge is -2.18. The van der Waals surface area contributed by atoms with Crippen molar-refractivity contribution in [1.29, 1.82) is 0 Å². The van der Waals surface area contributed by atoms with Crippen LogP contribution in [0.3, 0.4) is 0 Å². The zero-order chi connectivity index (χ0) is 13.5. The van der Waals surface area contributed by atoms with E-state index in [1.165, 1.54) is 19.1 Å². The molecule has 0 saturated carbocycles. The molecule has 0 saturated heterocycles. The summed E-state index contributed by atoms with van der Waals surface area (Å²) in [5.74, 6) is -0.0343. The van der Waals surface area contributed by atoms with Gasteiger partial charge >= 0.3 is 0 Å². The third-order valence-corrected chi connectivity index (χ3v) is 2.55. The van der Waals surface area contributed by atoms with Crippen molar-refractivity contribution in [1.82, 2.24) is 5.32 Å². The summed E-state index contributed by atoms with van der Waals surface area (Å²) < 4.78 is 0. The quantitative estimate of drug-likeness (QED) is 0.473. The lowest BCUT2D eigenvalue weighted by molar-refractivity contribution is -0.384. The molecule has 0 radical (unpaired) electrons. The zero-order valence-electron chi connectivity index (χ0n) is 10.5. The second kappa shape index (κ2) is 6.58. The average Bonchev–Trinajstić information content (AvgIpc) is 2.34. The number of nitro benzene ring substituents is 1. The van der Waals surface area contributed by atoms with Crippen molar-refractivity contribution in [3.63, 3.8) is 0 Å². The second-order valence-electron chi connectivity index (χ2n) is 4.03. The number of hydrogen-bond donors (Lipinski definition) is 1. The fourth-order valence-corrected chi connectivity index (χ4v) is 1.54. The second-order valence-corrected chi connectivity index (χ2v) is 4.03. The number of non-ortho nitro benzene ring substituents is 1. The summed E-state index contributed by atoms with van der Waals surface area (Å²) in [5, 5.41) is 13.2. The van der Waals surface area contributed by atoms with Gasteiger partial charge in [0.25, 0.3) is 5.69 Å². The lowest BCUT2D eigenvalue weighted by Crippen LogP contribution is -2.26. The Labute approximate surface area is 106 Å². The first-order valence-corrected chi connectivity index (χ1v) is 5.70. The van der Waals surface area contributed by atoms with Gasteiger partial charge in [-0.25, -0.2) is 0 Å². The molecule has 0 fully saturated rings. The monoisotopic (exact) mass is 251 g/mol. The molecule has 0 aromatic heterocycles. The van der Waals surface area contributed by atoms with Crippen molar-refractivity contribution in [2.45, 2.75) is 13.3 Å². The van der Waals surface area contributed by atoms with Crippen LogP contribution in [-0.4, -0.2) is 31.0 Å². The van der Waals surface area contributed by atoms with Crippen molar-refractivity contribution in [3.05, 3.63) is 34.4 Å². The Bertz CT molecular complexity index is 417. The van der Waals surface area contributed by atoms with E-state index in [1.807, 2.05) is 11.9 Å². The number of nitrogens with zero attached hydrogens (tertiary/aromatic N) is 2. The highest BCUT2D eigenvalue weighted by Crippen LogP contribution is 2.18. The molecule has 0 unspecified atom stereocenters. The van der Waals surface area contributed by atoms with Crippen LogP contribution in [0.2, 0.25) is 0 Å². The van der Waals surface area contributed by atoms with Gasteiger partial charge in [0.05, 0.1) is 4.92 Å². The van der Waals surface area contributed by atoms with Crippen molar-refractivity contribution in [2.24, 2.45) is 0 Å². The molecule has 0 spiro atoms. The van der Waals surface area contributed by atoms with Gasteiger partial charge in [-0.15, -0.1) is 0 Å². The van der Waals surface area contributed by atoms with Crippen LogP contribution < -0.4 is 10.2 Å². The summed E-state index contributed by atoms with van der Waals surface area (Å²) in [5.41, 5.74) is 1.01. The van der Waals surface area contributed by atoms with Crippen LogP contribution in [0.25, 0.3) is 0 Å². The molecule has 6 nitrogen and oxygen atoms in total. The van der Waals surface area contributed by atoms with E-state index in [9.17, 15) is 14.9 Å². The molecule has 1 rings (SSSR count). The van der Waals surface area contributed by atoms with Gasteiger partial charge in [-0.2, -0.15) is 0 Å². The number of nitro groups is 1. The largest absolute Gasteiger partial charge is 0.375 e. The number of nitrogens with one attached hydrogen (secondary N) is 1. The van der Waals surface area contributed by atoms with E-state index in [1.54, 1.807) is 12.1 Å². The Balaban J connectivity index is 2.44. The number of anilines is 1. The summed E-state index contributed by atoms with van der Waals surface area (Å²) >= 11 is 0. The lowest BCUT2D eigenvalue weighted by atomic mass is 10.2. The number of amides is 1. The standard InChI is InChI=1S/C12H17N3O3/c1-10(16)13-8-3-9-14(2)11-4-6-12(7-5-11)15(17)18/h4-7H,3,8-9H2,1-2H3,(H,13,16). The molecule has 1 aromatic carbocycles. The van der Waals surface area contributed by atoms with Gasteiger partial charge in [0.15, 0.2) is 0 Å². The number of hydrogen-bond acceptors (Lipinski definition) is 4. The summed E-state index contributed by atoms with van der Waals surface area (Å²) in [6, 6.07) is 6.41. The molecule has 0 bridgehead atoms. The normalized spacial score (nSPS) is 9.89. The van der Waals surface area contributed by atoms with Gasteiger partial charge in [0.1, 0.15) is 0 Å². The minimum atomic E-state index is -0.416. The fourth-order valence-electron chi connectivity index (χ4n) is 1.54. The minimum Gasteiger partial charge on any atom is -0.375 e. The van der Waals surface area contributed by atoms with Crippen LogP contribution in [0.4, 0.5) is 11.4 Å². The van der Waals surface area contributed by atoms with E-state index in [0.717, 1.165) is 18.7 Å². The highest BCUT2D eigenvalue weighted by molar-refractivity contribution is 5.72. The van der Waals surface area contributed by atoms with Crippen LogP contribution in [0.5, 0.6) is 0 Å². The van der Waals surface area contributed by atoms with E-state index in [2.05, 4.69) is 5.32 Å². The van der Waals surface area contributed by atoms with Gasteiger partial charge in [-0.05, 0) is 18.6 Å². The van der Waals surface area contributed by atoms with Gasteiger partial charge in [0, 0.05) is 44.9 Å². The molecule has 18 heavy (non-hydrogen) atoms. The molecular weight excluding hydrogens is 234 g/mol. The smallest absolute Gasteiger partial charge is 0.269 e. The molecule has 0 aliphatic heterocycles. The van der Waals surface area contributed by atoms with Gasteiger partial charge in [-0.1, -0.05) is 0 Å². The van der Waals surface area contributed by atoms with Crippen LogP contribution in [0.1, 0.15) is 13.3 Å². The van der Waals surface area contributed by atoms with Crippen LogP contribution in [0.15, 0.2) is 24.3 Å². The third-order valence-electron chi connectivity index (χ3n) is 2.55. The minimum absolute atomic E-state index is 0.0343. The van der Waals surface area contributed by atoms with E-state index < -0.39 is 4.92 Å². The molecule has 1 N–H and O–H groups in total. The maximum Gasteiger partial charge on any atom is 0.269 e. The maximum atomic E-state index is 10.7. The van der Waals surface area contributed by atoms with E-state index in [-0.39, 0.29) is 11.6 Å². The van der Waals surface area contributed by atoms with Crippen molar-refractivity contribution >= 4 is 17.3 Å². The van der Waals surface area contributed by atoms with Crippen LogP contribution in [-0.2, 0) is 4.79 Å². The Morgan fingerprint density at radius 1 is 1.39 bits per heavy atom. The van der Waals surface area contributed by atoms with Crippen molar-refractivity contribution in [3.8, 4) is 0 Å². The summed E-state index contributed by atoms with van der Waals surface area (Å²) in [7, 11) is 1.91. The molecule has 0 aliphatic rings. The molecule has 0 heterocycles.